The molecule has 9 heteroatoms. The topological polar surface area (TPSA) is 90.1 Å². The first kappa shape index (κ1) is 21.5. The Morgan fingerprint density at radius 3 is 2.28 bits per heavy atom. The molecule has 0 fully saturated rings. The van der Waals surface area contributed by atoms with Crippen LogP contribution in [0.1, 0.15) is 16.1 Å². The summed E-state index contributed by atoms with van der Waals surface area (Å²) < 4.78 is 1.46. The van der Waals surface area contributed by atoms with E-state index in [-0.39, 0.29) is 17.3 Å². The number of non-ortho nitro benzene ring substituents is 1. The van der Waals surface area contributed by atoms with Crippen molar-refractivity contribution in [2.75, 3.05) is 5.32 Å². The van der Waals surface area contributed by atoms with E-state index >= 15 is 0 Å². The van der Waals surface area contributed by atoms with Gasteiger partial charge in [0.15, 0.2) is 0 Å². The molecule has 32 heavy (non-hydrogen) atoms. The average molecular weight is 467 g/mol. The van der Waals surface area contributed by atoms with Gasteiger partial charge in [0.05, 0.1) is 26.3 Å². The molecule has 1 N–H and O–H groups in total. The van der Waals surface area contributed by atoms with Gasteiger partial charge in [-0.2, -0.15) is 5.10 Å². The lowest BCUT2D eigenvalue weighted by Gasteiger charge is -2.09. The Balaban J connectivity index is 1.77. The van der Waals surface area contributed by atoms with Crippen LogP contribution in [0.4, 0.5) is 11.4 Å². The molecule has 7 nitrogen and oxygen atoms in total. The van der Waals surface area contributed by atoms with Gasteiger partial charge in [0.25, 0.3) is 11.6 Å². The van der Waals surface area contributed by atoms with Crippen molar-refractivity contribution in [2.45, 2.75) is 6.92 Å². The van der Waals surface area contributed by atoms with Crippen molar-refractivity contribution < 1.29 is 9.72 Å². The number of amides is 1. The highest BCUT2D eigenvalue weighted by molar-refractivity contribution is 6.42. The van der Waals surface area contributed by atoms with Crippen LogP contribution in [-0.4, -0.2) is 20.6 Å². The van der Waals surface area contributed by atoms with Gasteiger partial charge in [0, 0.05) is 23.4 Å². The van der Waals surface area contributed by atoms with E-state index in [4.69, 9.17) is 23.2 Å². The molecule has 1 aromatic heterocycles. The van der Waals surface area contributed by atoms with Crippen LogP contribution >= 0.6 is 23.2 Å². The van der Waals surface area contributed by atoms with E-state index in [1.54, 1.807) is 36.4 Å². The van der Waals surface area contributed by atoms with E-state index in [1.807, 2.05) is 31.2 Å². The SMILES string of the molecule is Cc1ccc(NC(=O)c2cc(-c3ccc([N+](=O)[O-])cc3)nn2-c2ccc(Cl)c(Cl)c2)cc1. The lowest BCUT2D eigenvalue weighted by atomic mass is 10.1. The zero-order valence-corrected chi connectivity index (χ0v) is 18.3. The Labute approximate surface area is 193 Å². The van der Waals surface area contributed by atoms with E-state index in [1.165, 1.54) is 16.8 Å². The highest BCUT2D eigenvalue weighted by atomic mass is 35.5. The zero-order valence-electron chi connectivity index (χ0n) is 16.8. The standard InChI is InChI=1S/C23H16Cl2N4O3/c1-14-2-6-16(7-3-14)26-23(30)22-13-21(15-4-8-17(9-5-15)29(31)32)27-28(22)18-10-11-19(24)20(25)12-18/h2-13H,1H3,(H,26,30). The van der Waals surface area contributed by atoms with Gasteiger partial charge in [0.1, 0.15) is 5.69 Å². The number of nitro groups is 1. The van der Waals surface area contributed by atoms with Gasteiger partial charge in [-0.1, -0.05) is 40.9 Å². The Bertz CT molecular complexity index is 1320. The van der Waals surface area contributed by atoms with Crippen LogP contribution in [0.3, 0.4) is 0 Å². The maximum Gasteiger partial charge on any atom is 0.274 e. The van der Waals surface area contributed by atoms with Crippen LogP contribution < -0.4 is 5.32 Å². The van der Waals surface area contributed by atoms with Crippen molar-refractivity contribution in [2.24, 2.45) is 0 Å². The Hall–Kier alpha value is -3.68. The van der Waals surface area contributed by atoms with Gasteiger partial charge < -0.3 is 5.32 Å². The number of carbonyl (C=O) groups is 1. The van der Waals surface area contributed by atoms with Crippen LogP contribution in [-0.2, 0) is 0 Å². The molecule has 1 heterocycles. The van der Waals surface area contributed by atoms with Crippen molar-refractivity contribution in [1.29, 1.82) is 0 Å². The van der Waals surface area contributed by atoms with Crippen LogP contribution in [0, 0.1) is 17.0 Å². The van der Waals surface area contributed by atoms with Gasteiger partial charge in [0.2, 0.25) is 0 Å². The number of aryl methyl sites for hydroxylation is 1. The van der Waals surface area contributed by atoms with Gasteiger partial charge in [-0.15, -0.1) is 0 Å². The number of nitrogens with one attached hydrogen (secondary N) is 1. The van der Waals surface area contributed by atoms with Gasteiger partial charge in [-0.25, -0.2) is 4.68 Å². The maximum absolute atomic E-state index is 13.1. The Morgan fingerprint density at radius 1 is 0.969 bits per heavy atom. The van der Waals surface area contributed by atoms with Crippen LogP contribution in [0.25, 0.3) is 16.9 Å². The summed E-state index contributed by atoms with van der Waals surface area (Å²) in [5.74, 6) is -0.374. The fraction of sp³-hybridized carbons (Fsp3) is 0.0435. The summed E-state index contributed by atoms with van der Waals surface area (Å²) in [6, 6.07) is 19.9. The zero-order chi connectivity index (χ0) is 22.8. The monoisotopic (exact) mass is 466 g/mol. The molecule has 0 spiro atoms. The summed E-state index contributed by atoms with van der Waals surface area (Å²) >= 11 is 12.2. The third-order valence-electron chi connectivity index (χ3n) is 4.77. The van der Waals surface area contributed by atoms with Gasteiger partial charge in [-0.3, -0.25) is 14.9 Å². The first-order chi connectivity index (χ1) is 15.3. The molecular weight excluding hydrogens is 451 g/mol. The summed E-state index contributed by atoms with van der Waals surface area (Å²) in [6.07, 6.45) is 0. The molecule has 4 rings (SSSR count). The molecule has 4 aromatic rings. The second-order valence-electron chi connectivity index (χ2n) is 7.05. The quantitative estimate of drug-likeness (QED) is 0.275. The van der Waals surface area contributed by atoms with Crippen molar-refractivity contribution >= 4 is 40.5 Å². The maximum atomic E-state index is 13.1. The van der Waals surface area contributed by atoms with Crippen molar-refractivity contribution in [3.63, 3.8) is 0 Å². The molecule has 0 saturated heterocycles. The number of rotatable bonds is 5. The molecule has 1 amide bonds. The average Bonchev–Trinajstić information content (AvgIpc) is 3.23. The molecule has 0 bridgehead atoms. The lowest BCUT2D eigenvalue weighted by Crippen LogP contribution is -2.17. The summed E-state index contributed by atoms with van der Waals surface area (Å²) in [4.78, 5) is 23.6. The van der Waals surface area contributed by atoms with Crippen molar-refractivity contribution in [1.82, 2.24) is 9.78 Å². The number of hydrogen-bond acceptors (Lipinski definition) is 4. The third-order valence-corrected chi connectivity index (χ3v) is 5.51. The second-order valence-corrected chi connectivity index (χ2v) is 7.86. The van der Waals surface area contributed by atoms with E-state index < -0.39 is 4.92 Å². The van der Waals surface area contributed by atoms with Gasteiger partial charge in [-0.05, 0) is 55.5 Å². The largest absolute Gasteiger partial charge is 0.321 e. The second kappa shape index (κ2) is 8.82. The predicted molar refractivity (Wildman–Crippen MR) is 125 cm³/mol. The first-order valence-electron chi connectivity index (χ1n) is 9.50. The number of hydrogen-bond donors (Lipinski definition) is 1. The minimum atomic E-state index is -0.474. The number of anilines is 1. The number of aromatic nitrogens is 2. The fourth-order valence-corrected chi connectivity index (χ4v) is 3.38. The molecule has 0 saturated carbocycles. The van der Waals surface area contributed by atoms with E-state index in [0.717, 1.165) is 5.56 Å². The molecule has 0 aliphatic carbocycles. The molecular formula is C23H16Cl2N4O3. The van der Waals surface area contributed by atoms with E-state index in [9.17, 15) is 14.9 Å². The summed E-state index contributed by atoms with van der Waals surface area (Å²) in [7, 11) is 0. The number of carbonyl (C=O) groups excluding carboxylic acids is 1. The molecule has 0 radical (unpaired) electrons. The molecule has 160 valence electrons. The van der Waals surface area contributed by atoms with Crippen molar-refractivity contribution in [3.8, 4) is 16.9 Å². The summed E-state index contributed by atoms with van der Waals surface area (Å²) in [5, 5.41) is 19.1. The Kier molecular flexibility index (Phi) is 5.94. The minimum Gasteiger partial charge on any atom is -0.321 e. The predicted octanol–water partition coefficient (Wildman–Crippen LogP) is 6.32. The van der Waals surface area contributed by atoms with E-state index in [2.05, 4.69) is 10.4 Å². The molecule has 0 atom stereocenters. The van der Waals surface area contributed by atoms with E-state index in [0.29, 0.717) is 32.7 Å². The minimum absolute atomic E-state index is 0.0324. The van der Waals surface area contributed by atoms with Crippen molar-refractivity contribution in [3.05, 3.63) is 104 Å². The number of benzene rings is 3. The number of nitrogens with zero attached hydrogens (tertiary/aromatic N) is 3. The van der Waals surface area contributed by atoms with Crippen LogP contribution in [0.15, 0.2) is 72.8 Å². The smallest absolute Gasteiger partial charge is 0.274 e. The number of nitro benzene ring substituents is 1. The highest BCUT2D eigenvalue weighted by Crippen LogP contribution is 2.28. The first-order valence-corrected chi connectivity index (χ1v) is 10.3. The normalized spacial score (nSPS) is 10.7. The molecule has 0 aliphatic heterocycles. The van der Waals surface area contributed by atoms with Gasteiger partial charge >= 0.3 is 0 Å². The Morgan fingerprint density at radius 2 is 1.66 bits per heavy atom. The molecule has 0 aliphatic rings. The fourth-order valence-electron chi connectivity index (χ4n) is 3.08. The third kappa shape index (κ3) is 4.49. The lowest BCUT2D eigenvalue weighted by molar-refractivity contribution is -0.384. The molecule has 3 aromatic carbocycles. The van der Waals surface area contributed by atoms with Crippen LogP contribution in [0.5, 0.6) is 0 Å². The highest BCUT2D eigenvalue weighted by Gasteiger charge is 2.19. The number of halogens is 2. The summed E-state index contributed by atoms with van der Waals surface area (Å²) in [6.45, 7) is 1.96. The van der Waals surface area contributed by atoms with Crippen LogP contribution in [0.2, 0.25) is 10.0 Å². The molecule has 0 unspecified atom stereocenters. The summed E-state index contributed by atoms with van der Waals surface area (Å²) in [5.41, 5.74) is 3.58.